The molecule has 2 amide bonds. The van der Waals surface area contributed by atoms with Crippen LogP contribution in [-0.4, -0.2) is 189 Å². The van der Waals surface area contributed by atoms with Gasteiger partial charge in [-0.1, -0.05) is 84.2 Å². The molecule has 0 radical (unpaired) electrons. The number of benzene rings is 8. The number of ketones is 4. The van der Waals surface area contributed by atoms with E-state index in [4.69, 9.17) is 4.74 Å². The highest BCUT2D eigenvalue weighted by atomic mass is 16.5. The smallest absolute Gasteiger partial charge is 0.337 e. The predicted octanol–water partition coefficient (Wildman–Crippen LogP) is 17.4. The summed E-state index contributed by atoms with van der Waals surface area (Å²) in [5.41, 5.74) is 14.9. The number of nitrogens with one attached hydrogen (secondary N) is 3. The summed E-state index contributed by atoms with van der Waals surface area (Å²) in [6.07, 6.45) is 1.79. The zero-order chi connectivity index (χ0) is 79.0. The van der Waals surface area contributed by atoms with Gasteiger partial charge < -0.3 is 58.8 Å². The molecule has 606 valence electrons. The number of Topliss-reactive ketones (excluding diaryl/α,β-unsaturated/α-hetero) is 4. The third-order valence-corrected chi connectivity index (χ3v) is 21.0. The standard InChI is InChI=1S/C25H28N4O.C22H28N4O2.C22H26N2O4.C20H22N2O2.4CH4/c1-5-28(6-2)13-14-29-24-9-7-19(17(3)30)15-21(24)22-16-20(8-10-25(22)29)23-11-12-26-18(4)27-23;1-5-25(6-2)11-12-26-19-9-7-15(21(27)23-3)13-17(19)18-14-16(22(28)24-4)8-10-20(18)26;1-4-23(5-2)10-11-24-19-8-6-15(21(26)14-25)12-17(19)18-13-16(22(27)28-3)7-9-20(18)24;1-4-21-9-10-22-19-7-5-15(13(2)23)11-17(19)18-12-16(14(3)24)6-8-20(18)22;;;;/h7-12,15-16H,5-6,13-14H2,1-4H3;7-10,13-14H,5-6,11-12H2,1-4H3,(H,23,27)(H,24,28);6-9,12-13,25H,4-5,10-11,14H2,1-3H3;5-8,11-12,21H,4,9-10H2,1-3H3;4*1H4. The quantitative estimate of drug-likeness (QED) is 0.0203. The normalized spacial score (nSPS) is 11.0. The van der Waals surface area contributed by atoms with E-state index in [9.17, 15) is 38.7 Å². The summed E-state index contributed by atoms with van der Waals surface area (Å²) >= 11 is 0. The Balaban J connectivity index is 0.000000235. The number of aryl methyl sites for hydroxylation is 1. The average Bonchev–Trinajstić information content (AvgIpc) is 1.62. The van der Waals surface area contributed by atoms with Crippen LogP contribution in [-0.2, 0) is 30.9 Å². The molecule has 13 aromatic rings. The van der Waals surface area contributed by atoms with E-state index in [0.29, 0.717) is 33.4 Å². The SMILES string of the molecule is C.C.C.C.CCN(CC)CCn1c2ccc(C(=O)CO)cc2c2cc(C(=O)OC)ccc21.CCN(CC)CCn1c2ccc(C(=O)NC)cc2c2cc(C(=O)NC)ccc21.CCN(CC)CCn1c2ccc(C(C)=O)cc2c2cc(-c3ccnc(C)n3)ccc21.CCNCCn1c2ccc(C(C)=O)cc2c2cc(C(C)=O)ccc21. The van der Waals surface area contributed by atoms with Crippen LogP contribution in [0, 0.1) is 6.92 Å². The van der Waals surface area contributed by atoms with Crippen molar-refractivity contribution in [2.75, 3.05) is 99.8 Å². The predicted molar refractivity (Wildman–Crippen MR) is 472 cm³/mol. The first-order valence-corrected chi connectivity index (χ1v) is 38.2. The Morgan fingerprint density at radius 3 is 1.02 bits per heavy atom. The zero-order valence-corrected chi connectivity index (χ0v) is 66.1. The lowest BCUT2D eigenvalue weighted by atomic mass is 10.0. The van der Waals surface area contributed by atoms with Crippen LogP contribution in [0.15, 0.2) is 158 Å². The number of hydrogen-bond acceptors (Lipinski definition) is 15. The zero-order valence-electron chi connectivity index (χ0n) is 66.1. The van der Waals surface area contributed by atoms with Crippen LogP contribution in [0.4, 0.5) is 0 Å². The van der Waals surface area contributed by atoms with Gasteiger partial charge in [0.05, 0.1) is 18.4 Å². The Morgan fingerprint density at radius 1 is 0.404 bits per heavy atom. The van der Waals surface area contributed by atoms with Gasteiger partial charge in [-0.15, -0.1) is 0 Å². The van der Waals surface area contributed by atoms with E-state index in [1.165, 1.54) is 12.6 Å². The van der Waals surface area contributed by atoms with Gasteiger partial charge in [0.2, 0.25) is 0 Å². The van der Waals surface area contributed by atoms with Crippen molar-refractivity contribution in [2.45, 2.75) is 132 Å². The summed E-state index contributed by atoms with van der Waals surface area (Å²) in [5.74, 6) is -0.0108. The van der Waals surface area contributed by atoms with E-state index in [1.807, 2.05) is 116 Å². The van der Waals surface area contributed by atoms with Crippen molar-refractivity contribution in [3.05, 3.63) is 203 Å². The Bertz CT molecular complexity index is 5170. The average molecular weight is 1550 g/mol. The topological polar surface area (TPSA) is 240 Å². The number of esters is 1. The van der Waals surface area contributed by atoms with Crippen molar-refractivity contribution in [1.82, 2.24) is 58.9 Å². The van der Waals surface area contributed by atoms with Gasteiger partial charge in [-0.05, 0) is 219 Å². The fourth-order valence-corrected chi connectivity index (χ4v) is 14.6. The molecule has 0 bridgehead atoms. The van der Waals surface area contributed by atoms with Crippen molar-refractivity contribution in [1.29, 1.82) is 0 Å². The van der Waals surface area contributed by atoms with E-state index >= 15 is 0 Å². The van der Waals surface area contributed by atoms with E-state index < -0.39 is 12.6 Å². The van der Waals surface area contributed by atoms with Crippen LogP contribution >= 0.6 is 0 Å². The fraction of sp³-hybridized carbons (Fsp3) is 0.366. The second-order valence-electron chi connectivity index (χ2n) is 27.3. The maximum atomic E-state index is 12.1. The van der Waals surface area contributed by atoms with Gasteiger partial charge in [-0.2, -0.15) is 0 Å². The molecule has 0 aliphatic rings. The van der Waals surface area contributed by atoms with E-state index in [0.717, 1.165) is 203 Å². The Morgan fingerprint density at radius 2 is 0.702 bits per heavy atom. The van der Waals surface area contributed by atoms with Crippen molar-refractivity contribution < 1.29 is 43.4 Å². The monoisotopic (exact) mass is 1550 g/mol. The minimum absolute atomic E-state index is 0. The highest BCUT2D eigenvalue weighted by Gasteiger charge is 2.22. The number of ether oxygens (including phenoxy) is 1. The minimum Gasteiger partial charge on any atom is -0.465 e. The summed E-state index contributed by atoms with van der Waals surface area (Å²) in [5, 5.41) is 26.0. The molecule has 114 heavy (non-hydrogen) atoms. The largest absolute Gasteiger partial charge is 0.465 e. The maximum Gasteiger partial charge on any atom is 0.337 e. The van der Waals surface area contributed by atoms with Gasteiger partial charge in [-0.3, -0.25) is 28.8 Å². The molecule has 0 aliphatic carbocycles. The van der Waals surface area contributed by atoms with Crippen LogP contribution in [0.1, 0.15) is 177 Å². The van der Waals surface area contributed by atoms with Crippen molar-refractivity contribution in [3.8, 4) is 11.3 Å². The summed E-state index contributed by atoms with van der Waals surface area (Å²) in [4.78, 5) is 99.7. The molecule has 0 saturated heterocycles. The number of aliphatic hydroxyl groups excluding tert-OH is 1. The number of methoxy groups -OCH3 is 1. The highest BCUT2D eigenvalue weighted by Crippen LogP contribution is 2.37. The summed E-state index contributed by atoms with van der Waals surface area (Å²) in [6, 6.07) is 48.6. The lowest BCUT2D eigenvalue weighted by Gasteiger charge is -2.19. The lowest BCUT2D eigenvalue weighted by molar-refractivity contribution is 0.0600. The molecular formula is C93H120N12O9. The summed E-state index contributed by atoms with van der Waals surface area (Å²) in [6.45, 7) is 35.4. The molecule has 0 atom stereocenters. The van der Waals surface area contributed by atoms with E-state index in [2.05, 4.69) is 132 Å². The van der Waals surface area contributed by atoms with Crippen LogP contribution in [0.3, 0.4) is 0 Å². The van der Waals surface area contributed by atoms with E-state index in [-0.39, 0.29) is 64.7 Å². The number of amides is 2. The number of nitrogens with zero attached hydrogens (tertiary/aromatic N) is 9. The van der Waals surface area contributed by atoms with Crippen LogP contribution in [0.2, 0.25) is 0 Å². The second kappa shape index (κ2) is 42.2. The second-order valence-corrected chi connectivity index (χ2v) is 27.3. The Labute approximate surface area is 672 Å². The maximum absolute atomic E-state index is 12.1. The van der Waals surface area contributed by atoms with Crippen LogP contribution < -0.4 is 16.0 Å². The van der Waals surface area contributed by atoms with Gasteiger partial charge in [0.15, 0.2) is 23.1 Å². The van der Waals surface area contributed by atoms with E-state index in [1.54, 1.807) is 59.3 Å². The molecule has 5 aromatic heterocycles. The Hall–Kier alpha value is -11.1. The number of rotatable bonds is 28. The number of fused-ring (bicyclic) bond motifs is 12. The third kappa shape index (κ3) is 20.3. The first kappa shape index (κ1) is 91.8. The number of aliphatic hydroxyl groups is 1. The van der Waals surface area contributed by atoms with Gasteiger partial charge in [0, 0.05) is 199 Å². The molecule has 13 rings (SSSR count). The molecule has 0 spiro atoms. The molecule has 21 nitrogen and oxygen atoms in total. The number of aromatic nitrogens is 6. The van der Waals surface area contributed by atoms with Crippen molar-refractivity contribution >= 4 is 128 Å². The van der Waals surface area contributed by atoms with Gasteiger partial charge in [-0.25, -0.2) is 14.8 Å². The molecule has 8 aromatic carbocycles. The lowest BCUT2D eigenvalue weighted by Crippen LogP contribution is -2.27. The molecule has 0 aliphatic heterocycles. The molecule has 0 fully saturated rings. The number of hydrogen-bond donors (Lipinski definition) is 4. The first-order valence-electron chi connectivity index (χ1n) is 38.2. The highest BCUT2D eigenvalue weighted by molar-refractivity contribution is 6.16. The van der Waals surface area contributed by atoms with Crippen molar-refractivity contribution in [2.24, 2.45) is 0 Å². The number of carbonyl (C=O) groups is 7. The molecule has 21 heteroatoms. The first-order chi connectivity index (χ1) is 53.1. The fourth-order valence-electron chi connectivity index (χ4n) is 14.6. The molecule has 5 heterocycles. The third-order valence-electron chi connectivity index (χ3n) is 21.0. The summed E-state index contributed by atoms with van der Waals surface area (Å²) in [7, 11) is 4.62. The van der Waals surface area contributed by atoms with Gasteiger partial charge in [0.1, 0.15) is 12.4 Å². The van der Waals surface area contributed by atoms with Crippen molar-refractivity contribution in [3.63, 3.8) is 0 Å². The summed E-state index contributed by atoms with van der Waals surface area (Å²) < 4.78 is 14.0. The Kier molecular flexibility index (Phi) is 34.0. The number of likely N-dealkylation sites (N-methyl/N-ethyl adjacent to an activating group) is 4. The molecule has 0 saturated carbocycles. The minimum atomic E-state index is -0.528. The molecule has 0 unspecified atom stereocenters. The molecule has 4 N–H and O–H groups in total. The van der Waals surface area contributed by atoms with Crippen LogP contribution in [0.5, 0.6) is 0 Å². The van der Waals surface area contributed by atoms with Gasteiger partial charge in [0.25, 0.3) is 11.8 Å². The van der Waals surface area contributed by atoms with Crippen LogP contribution in [0.25, 0.3) is 98.5 Å². The molecular weight excluding hydrogens is 1430 g/mol. The number of carbonyl (C=O) groups excluding carboxylic acids is 7. The van der Waals surface area contributed by atoms with Gasteiger partial charge >= 0.3 is 5.97 Å².